The lowest BCUT2D eigenvalue weighted by Gasteiger charge is -2.10. The van der Waals surface area contributed by atoms with Crippen LogP contribution in [-0.4, -0.2) is 17.8 Å². The summed E-state index contributed by atoms with van der Waals surface area (Å²) in [6.45, 7) is 2.11. The van der Waals surface area contributed by atoms with Crippen molar-refractivity contribution in [3.05, 3.63) is 42.5 Å². The minimum Gasteiger partial charge on any atom is -0.408 e. The van der Waals surface area contributed by atoms with Gasteiger partial charge in [0.2, 0.25) is 0 Å². The van der Waals surface area contributed by atoms with E-state index in [4.69, 9.17) is 9.94 Å². The lowest BCUT2D eigenvalue weighted by molar-refractivity contribution is 0.120. The first-order chi connectivity index (χ1) is 7.77. The van der Waals surface area contributed by atoms with E-state index in [1.807, 2.05) is 42.5 Å². The topological polar surface area (TPSA) is 41.5 Å². The number of hydrogen-bond donors (Lipinski definition) is 2. The lowest BCUT2D eigenvalue weighted by Crippen LogP contribution is -2.27. The van der Waals surface area contributed by atoms with E-state index in [0.717, 1.165) is 16.5 Å². The highest BCUT2D eigenvalue weighted by Gasteiger charge is 2.01. The van der Waals surface area contributed by atoms with Crippen molar-refractivity contribution >= 4 is 10.8 Å². The third-order valence-electron chi connectivity index (χ3n) is 2.31. The first-order valence-corrected chi connectivity index (χ1v) is 5.33. The van der Waals surface area contributed by atoms with Gasteiger partial charge in [-0.2, -0.15) is 5.48 Å². The van der Waals surface area contributed by atoms with Gasteiger partial charge in [0.25, 0.3) is 0 Å². The van der Waals surface area contributed by atoms with E-state index in [2.05, 4.69) is 5.48 Å². The Balaban J connectivity index is 2.17. The fraction of sp³-hybridized carbons (Fsp3) is 0.231. The highest BCUT2D eigenvalue weighted by Crippen LogP contribution is 2.24. The van der Waals surface area contributed by atoms with Gasteiger partial charge in [0, 0.05) is 5.39 Å². The molecule has 2 N–H and O–H groups in total. The van der Waals surface area contributed by atoms with Crippen LogP contribution < -0.4 is 10.3 Å². The van der Waals surface area contributed by atoms with Crippen LogP contribution in [0.3, 0.4) is 0 Å². The van der Waals surface area contributed by atoms with Crippen LogP contribution in [0.25, 0.3) is 10.8 Å². The summed E-state index contributed by atoms with van der Waals surface area (Å²) in [4.78, 5) is 5.42. The summed E-state index contributed by atoms with van der Waals surface area (Å²) < 4.78 is 0. The maximum absolute atomic E-state index is 9.10. The van der Waals surface area contributed by atoms with Gasteiger partial charge in [-0.05, 0) is 18.4 Å². The quantitative estimate of drug-likeness (QED) is 0.771. The van der Waals surface area contributed by atoms with Crippen molar-refractivity contribution in [3.8, 4) is 5.75 Å². The number of rotatable bonds is 4. The van der Waals surface area contributed by atoms with E-state index in [-0.39, 0.29) is 0 Å². The zero-order valence-corrected chi connectivity index (χ0v) is 9.18. The molecule has 1 atom stereocenters. The molecule has 0 amide bonds. The molecule has 2 aromatic rings. The molecule has 0 fully saturated rings. The summed E-state index contributed by atoms with van der Waals surface area (Å²) in [5.74, 6) is 0.777. The molecule has 0 aliphatic carbocycles. The molecule has 2 rings (SSSR count). The van der Waals surface area contributed by atoms with E-state index in [9.17, 15) is 0 Å². The molecule has 0 aliphatic rings. The Morgan fingerprint density at radius 1 is 1.19 bits per heavy atom. The number of aliphatic hydroxyl groups is 1. The molecule has 0 radical (unpaired) electrons. The molecule has 0 aliphatic heterocycles. The van der Waals surface area contributed by atoms with Gasteiger partial charge in [0.05, 0.1) is 12.6 Å². The summed E-state index contributed by atoms with van der Waals surface area (Å²) in [5, 5.41) is 11.3. The zero-order chi connectivity index (χ0) is 11.4. The van der Waals surface area contributed by atoms with Crippen LogP contribution >= 0.6 is 0 Å². The van der Waals surface area contributed by atoms with Crippen molar-refractivity contribution in [1.82, 2.24) is 5.48 Å². The van der Waals surface area contributed by atoms with E-state index in [0.29, 0.717) is 6.54 Å². The van der Waals surface area contributed by atoms with Crippen molar-refractivity contribution < 1.29 is 9.94 Å². The number of nitrogens with one attached hydrogen (secondary N) is 1. The number of fused-ring (bicyclic) bond motifs is 1. The summed E-state index contributed by atoms with van der Waals surface area (Å²) in [6.07, 6.45) is -0.421. The van der Waals surface area contributed by atoms with Gasteiger partial charge >= 0.3 is 0 Å². The van der Waals surface area contributed by atoms with E-state index in [1.165, 1.54) is 0 Å². The van der Waals surface area contributed by atoms with Gasteiger partial charge in [-0.15, -0.1) is 0 Å². The Labute approximate surface area is 94.6 Å². The van der Waals surface area contributed by atoms with Crippen LogP contribution in [-0.2, 0) is 0 Å². The molecule has 16 heavy (non-hydrogen) atoms. The maximum Gasteiger partial charge on any atom is 0.154 e. The number of hydroxylamine groups is 1. The monoisotopic (exact) mass is 217 g/mol. The van der Waals surface area contributed by atoms with E-state index >= 15 is 0 Å². The number of hydrogen-bond acceptors (Lipinski definition) is 3. The van der Waals surface area contributed by atoms with Gasteiger partial charge < -0.3 is 9.94 Å². The van der Waals surface area contributed by atoms with Crippen molar-refractivity contribution in [2.75, 3.05) is 6.54 Å². The molecular weight excluding hydrogens is 202 g/mol. The molecule has 0 aromatic heterocycles. The van der Waals surface area contributed by atoms with Crippen LogP contribution in [0.4, 0.5) is 0 Å². The molecule has 0 bridgehead atoms. The summed E-state index contributed by atoms with van der Waals surface area (Å²) >= 11 is 0. The van der Waals surface area contributed by atoms with Crippen LogP contribution in [0.15, 0.2) is 42.5 Å². The molecule has 1 unspecified atom stereocenters. The molecule has 84 valence electrons. The van der Waals surface area contributed by atoms with Crippen molar-refractivity contribution in [3.63, 3.8) is 0 Å². The zero-order valence-electron chi connectivity index (χ0n) is 9.18. The van der Waals surface area contributed by atoms with Gasteiger partial charge in [0.15, 0.2) is 5.75 Å². The Morgan fingerprint density at radius 3 is 2.75 bits per heavy atom. The molecule has 0 heterocycles. The second-order valence-electron chi connectivity index (χ2n) is 3.78. The molecular formula is C13H15NO2. The van der Waals surface area contributed by atoms with Crippen molar-refractivity contribution in [1.29, 1.82) is 0 Å². The van der Waals surface area contributed by atoms with Crippen LogP contribution in [0, 0.1) is 0 Å². The minimum atomic E-state index is -0.421. The molecule has 0 saturated carbocycles. The smallest absolute Gasteiger partial charge is 0.154 e. The second-order valence-corrected chi connectivity index (χ2v) is 3.78. The summed E-state index contributed by atoms with van der Waals surface area (Å²) in [5.41, 5.74) is 2.74. The maximum atomic E-state index is 9.10. The van der Waals surface area contributed by atoms with Gasteiger partial charge in [0.1, 0.15) is 0 Å². The van der Waals surface area contributed by atoms with Crippen molar-refractivity contribution in [2.24, 2.45) is 0 Å². The van der Waals surface area contributed by atoms with Crippen LogP contribution in [0.2, 0.25) is 0 Å². The predicted molar refractivity (Wildman–Crippen MR) is 64.3 cm³/mol. The van der Waals surface area contributed by atoms with Crippen LogP contribution in [0.1, 0.15) is 6.92 Å². The molecule has 0 spiro atoms. The lowest BCUT2D eigenvalue weighted by atomic mass is 10.1. The summed E-state index contributed by atoms with van der Waals surface area (Å²) in [7, 11) is 0. The Hall–Kier alpha value is -1.58. The number of aliphatic hydroxyl groups excluding tert-OH is 1. The average Bonchev–Trinajstić information content (AvgIpc) is 2.29. The third kappa shape index (κ3) is 2.51. The Morgan fingerprint density at radius 2 is 1.94 bits per heavy atom. The van der Waals surface area contributed by atoms with Crippen LogP contribution in [0.5, 0.6) is 5.75 Å². The fourth-order valence-corrected chi connectivity index (χ4v) is 1.52. The molecule has 3 heteroatoms. The molecule has 3 nitrogen and oxygen atoms in total. The Bertz CT molecular complexity index is 463. The highest BCUT2D eigenvalue weighted by atomic mass is 16.6. The highest BCUT2D eigenvalue weighted by molar-refractivity contribution is 5.88. The van der Waals surface area contributed by atoms with Gasteiger partial charge in [-0.3, -0.25) is 0 Å². The first-order valence-electron chi connectivity index (χ1n) is 5.33. The largest absolute Gasteiger partial charge is 0.408 e. The van der Waals surface area contributed by atoms with Crippen molar-refractivity contribution in [2.45, 2.75) is 13.0 Å². The van der Waals surface area contributed by atoms with E-state index in [1.54, 1.807) is 6.92 Å². The normalized spacial score (nSPS) is 12.6. The number of benzene rings is 2. The fourth-order valence-electron chi connectivity index (χ4n) is 1.52. The standard InChI is InChI=1S/C13H15NO2/c1-10(15)9-14-16-13-8-4-6-11-5-2-3-7-12(11)13/h2-8,10,14-15H,9H2,1H3. The van der Waals surface area contributed by atoms with Gasteiger partial charge in [-0.25, -0.2) is 0 Å². The average molecular weight is 217 g/mol. The third-order valence-corrected chi connectivity index (χ3v) is 2.31. The summed E-state index contributed by atoms with van der Waals surface area (Å²) in [6, 6.07) is 13.9. The SMILES string of the molecule is CC(O)CNOc1cccc2ccccc12. The van der Waals surface area contributed by atoms with E-state index < -0.39 is 6.10 Å². The molecule has 2 aromatic carbocycles. The predicted octanol–water partition coefficient (Wildman–Crippen LogP) is 2.10. The Kier molecular flexibility index (Phi) is 3.39. The minimum absolute atomic E-state index is 0.406. The molecule has 0 saturated heterocycles. The first kappa shape index (κ1) is 10.9. The second kappa shape index (κ2) is 4.96. The van der Waals surface area contributed by atoms with Gasteiger partial charge in [-0.1, -0.05) is 36.4 Å².